The van der Waals surface area contributed by atoms with Crippen LogP contribution in [0.3, 0.4) is 0 Å². The maximum atomic E-state index is 5.77. The first-order valence-electron chi connectivity index (χ1n) is 4.87. The number of hydrogen-bond acceptors (Lipinski definition) is 3. The quantitative estimate of drug-likeness (QED) is 0.706. The Hall–Kier alpha value is -0.610. The van der Waals surface area contributed by atoms with Crippen LogP contribution in [-0.4, -0.2) is 27.5 Å². The number of aromatic nitrogens is 3. The van der Waals surface area contributed by atoms with Crippen molar-refractivity contribution >= 4 is 11.6 Å². The highest BCUT2D eigenvalue weighted by Gasteiger charge is 2.22. The smallest absolute Gasteiger partial charge is 0.148 e. The van der Waals surface area contributed by atoms with E-state index in [1.54, 1.807) is 6.33 Å². The topological polar surface area (TPSA) is 39.9 Å². The van der Waals surface area contributed by atoms with Crippen LogP contribution >= 0.6 is 11.6 Å². The first-order valence-corrected chi connectivity index (χ1v) is 5.40. The van der Waals surface area contributed by atoms with Crippen molar-refractivity contribution in [2.24, 2.45) is 0 Å². The van der Waals surface area contributed by atoms with Gasteiger partial charge in [0.2, 0.25) is 0 Å². The van der Waals surface area contributed by atoms with Gasteiger partial charge in [-0.05, 0) is 19.8 Å². The first-order chi connectivity index (χ1) is 6.81. The van der Waals surface area contributed by atoms with Crippen LogP contribution in [0.4, 0.5) is 0 Å². The van der Waals surface area contributed by atoms with Crippen molar-refractivity contribution in [3.8, 4) is 0 Å². The van der Waals surface area contributed by atoms with E-state index in [-0.39, 0.29) is 0 Å². The van der Waals surface area contributed by atoms with Crippen molar-refractivity contribution in [1.82, 2.24) is 14.8 Å². The molecule has 14 heavy (non-hydrogen) atoms. The zero-order valence-corrected chi connectivity index (χ0v) is 8.94. The van der Waals surface area contributed by atoms with Crippen LogP contribution in [0.1, 0.15) is 31.6 Å². The summed E-state index contributed by atoms with van der Waals surface area (Å²) in [7, 11) is 0. The highest BCUT2D eigenvalue weighted by molar-refractivity contribution is 6.16. The standard InChI is InChI=1S/C9H14ClN3O/c1-7-4-8(2-3-14-7)13-6-11-12-9(13)5-10/h6-8H,2-5H2,1H3. The van der Waals surface area contributed by atoms with Crippen molar-refractivity contribution in [1.29, 1.82) is 0 Å². The third-order valence-electron chi connectivity index (χ3n) is 2.62. The van der Waals surface area contributed by atoms with Crippen molar-refractivity contribution in [3.63, 3.8) is 0 Å². The minimum atomic E-state index is 0.319. The molecule has 2 rings (SSSR count). The summed E-state index contributed by atoms with van der Waals surface area (Å²) in [6, 6.07) is 0.447. The molecule has 2 unspecified atom stereocenters. The SMILES string of the molecule is CC1CC(n2cnnc2CCl)CCO1. The van der Waals surface area contributed by atoms with E-state index < -0.39 is 0 Å². The van der Waals surface area contributed by atoms with E-state index in [1.165, 1.54) is 0 Å². The Morgan fingerprint density at radius 1 is 1.71 bits per heavy atom. The van der Waals surface area contributed by atoms with E-state index >= 15 is 0 Å². The van der Waals surface area contributed by atoms with Gasteiger partial charge in [-0.25, -0.2) is 0 Å². The van der Waals surface area contributed by atoms with Gasteiger partial charge < -0.3 is 9.30 Å². The Morgan fingerprint density at radius 3 is 3.29 bits per heavy atom. The second-order valence-corrected chi connectivity index (χ2v) is 3.91. The lowest BCUT2D eigenvalue weighted by molar-refractivity contribution is 0.00548. The summed E-state index contributed by atoms with van der Waals surface area (Å²) in [6.45, 7) is 2.91. The lowest BCUT2D eigenvalue weighted by atomic mass is 10.0. The van der Waals surface area contributed by atoms with Gasteiger partial charge in [-0.2, -0.15) is 0 Å². The molecule has 0 saturated carbocycles. The second-order valence-electron chi connectivity index (χ2n) is 3.65. The zero-order chi connectivity index (χ0) is 9.97. The summed E-state index contributed by atoms with van der Waals surface area (Å²) >= 11 is 5.77. The molecule has 1 fully saturated rings. The molecule has 0 aromatic carbocycles. The Bertz CT molecular complexity index is 302. The molecule has 0 aliphatic carbocycles. The molecule has 0 N–H and O–H groups in total. The molecule has 0 spiro atoms. The lowest BCUT2D eigenvalue weighted by Gasteiger charge is -2.28. The third-order valence-corrected chi connectivity index (χ3v) is 2.86. The fourth-order valence-electron chi connectivity index (χ4n) is 1.89. The molecule has 2 atom stereocenters. The monoisotopic (exact) mass is 215 g/mol. The van der Waals surface area contributed by atoms with Crippen LogP contribution in [-0.2, 0) is 10.6 Å². The first kappa shape index (κ1) is 9.93. The number of alkyl halides is 1. The van der Waals surface area contributed by atoms with E-state index in [0.29, 0.717) is 18.0 Å². The van der Waals surface area contributed by atoms with Gasteiger partial charge in [0.05, 0.1) is 12.0 Å². The summed E-state index contributed by atoms with van der Waals surface area (Å²) in [4.78, 5) is 0. The highest BCUT2D eigenvalue weighted by Crippen LogP contribution is 2.25. The summed E-state index contributed by atoms with van der Waals surface area (Å²) in [5, 5.41) is 7.86. The van der Waals surface area contributed by atoms with Gasteiger partial charge in [-0.1, -0.05) is 0 Å². The van der Waals surface area contributed by atoms with Crippen LogP contribution in [0.2, 0.25) is 0 Å². The van der Waals surface area contributed by atoms with Crippen molar-refractivity contribution < 1.29 is 4.74 Å². The minimum Gasteiger partial charge on any atom is -0.378 e. The molecule has 0 bridgehead atoms. The van der Waals surface area contributed by atoms with E-state index in [0.717, 1.165) is 25.3 Å². The number of ether oxygens (including phenoxy) is 1. The van der Waals surface area contributed by atoms with Gasteiger partial charge in [0.25, 0.3) is 0 Å². The van der Waals surface area contributed by atoms with E-state index in [2.05, 4.69) is 21.7 Å². The number of rotatable bonds is 2. The number of nitrogens with zero attached hydrogens (tertiary/aromatic N) is 3. The molecule has 2 heterocycles. The largest absolute Gasteiger partial charge is 0.378 e. The van der Waals surface area contributed by atoms with Crippen molar-refractivity contribution in [3.05, 3.63) is 12.2 Å². The molecular formula is C9H14ClN3O. The minimum absolute atomic E-state index is 0.319. The highest BCUT2D eigenvalue weighted by atomic mass is 35.5. The molecule has 78 valence electrons. The van der Waals surface area contributed by atoms with Crippen molar-refractivity contribution in [2.75, 3.05) is 6.61 Å². The zero-order valence-electron chi connectivity index (χ0n) is 8.19. The van der Waals surface area contributed by atoms with Crippen molar-refractivity contribution in [2.45, 2.75) is 37.8 Å². The Labute approximate surface area is 88.2 Å². The van der Waals surface area contributed by atoms with Gasteiger partial charge in [-0.3, -0.25) is 0 Å². The molecule has 5 heteroatoms. The number of halogens is 1. The van der Waals surface area contributed by atoms with Gasteiger partial charge in [0, 0.05) is 12.6 Å². The van der Waals surface area contributed by atoms with E-state index in [9.17, 15) is 0 Å². The van der Waals surface area contributed by atoms with Gasteiger partial charge >= 0.3 is 0 Å². The Kier molecular flexibility index (Phi) is 3.03. The predicted octanol–water partition coefficient (Wildman–Crippen LogP) is 1.76. The average molecular weight is 216 g/mol. The van der Waals surface area contributed by atoms with Gasteiger partial charge in [0.15, 0.2) is 0 Å². The molecule has 1 aliphatic heterocycles. The van der Waals surface area contributed by atoms with E-state index in [1.807, 2.05) is 0 Å². The Balaban J connectivity index is 2.13. The van der Waals surface area contributed by atoms with Crippen LogP contribution in [0.25, 0.3) is 0 Å². The molecule has 0 amide bonds. The summed E-state index contributed by atoms with van der Waals surface area (Å²) in [5.74, 6) is 1.27. The summed E-state index contributed by atoms with van der Waals surface area (Å²) in [5.41, 5.74) is 0. The van der Waals surface area contributed by atoms with Gasteiger partial charge in [-0.15, -0.1) is 21.8 Å². The predicted molar refractivity (Wildman–Crippen MR) is 53.3 cm³/mol. The van der Waals surface area contributed by atoms with Crippen LogP contribution in [0, 0.1) is 0 Å². The van der Waals surface area contributed by atoms with Crippen LogP contribution < -0.4 is 0 Å². The molecule has 1 saturated heterocycles. The molecule has 1 aromatic heterocycles. The van der Waals surface area contributed by atoms with Crippen LogP contribution in [0.5, 0.6) is 0 Å². The van der Waals surface area contributed by atoms with Gasteiger partial charge in [0.1, 0.15) is 12.2 Å². The molecule has 0 radical (unpaired) electrons. The maximum absolute atomic E-state index is 5.77. The maximum Gasteiger partial charge on any atom is 0.148 e. The molecule has 1 aromatic rings. The normalized spacial score (nSPS) is 27.9. The fraction of sp³-hybridized carbons (Fsp3) is 0.778. The molecule has 4 nitrogen and oxygen atoms in total. The second kappa shape index (κ2) is 4.28. The summed E-state index contributed by atoms with van der Waals surface area (Å²) < 4.78 is 7.57. The Morgan fingerprint density at radius 2 is 2.57 bits per heavy atom. The van der Waals surface area contributed by atoms with Crippen LogP contribution in [0.15, 0.2) is 6.33 Å². The average Bonchev–Trinajstić information content (AvgIpc) is 2.65. The van der Waals surface area contributed by atoms with E-state index in [4.69, 9.17) is 16.3 Å². The molecule has 1 aliphatic rings. The number of hydrogen-bond donors (Lipinski definition) is 0. The third kappa shape index (κ3) is 1.91. The summed E-state index contributed by atoms with van der Waals surface area (Å²) in [6.07, 6.45) is 4.12. The fourth-order valence-corrected chi connectivity index (χ4v) is 2.09. The lowest BCUT2D eigenvalue weighted by Crippen LogP contribution is -2.26. The molecular weight excluding hydrogens is 202 g/mol.